The number of aromatic nitrogens is 1. The molecule has 0 amide bonds. The smallest absolute Gasteiger partial charge is 0.0541 e. The first-order chi connectivity index (χ1) is 17.4. The molecule has 0 unspecified atom stereocenters. The zero-order chi connectivity index (χ0) is 22.9. The first-order valence-corrected chi connectivity index (χ1v) is 12.1. The van der Waals surface area contributed by atoms with Gasteiger partial charge in [-0.15, -0.1) is 0 Å². The Morgan fingerprint density at radius 2 is 0.857 bits per heavy atom. The van der Waals surface area contributed by atoms with Crippen LogP contribution in [0, 0.1) is 0 Å². The van der Waals surface area contributed by atoms with Crippen LogP contribution >= 0.6 is 0 Å². The molecule has 162 valence electrons. The van der Waals surface area contributed by atoms with Crippen molar-refractivity contribution >= 4 is 32.6 Å². The van der Waals surface area contributed by atoms with Crippen molar-refractivity contribution in [1.29, 1.82) is 0 Å². The third kappa shape index (κ3) is 2.53. The normalized spacial score (nSPS) is 12.0. The minimum absolute atomic E-state index is 1.18. The minimum atomic E-state index is 1.18. The highest BCUT2D eigenvalue weighted by atomic mass is 15.0. The monoisotopic (exact) mass is 443 g/mol. The Bertz CT molecular complexity index is 1850. The van der Waals surface area contributed by atoms with E-state index < -0.39 is 0 Å². The summed E-state index contributed by atoms with van der Waals surface area (Å²) >= 11 is 0. The largest absolute Gasteiger partial charge is 0.309 e. The summed E-state index contributed by atoms with van der Waals surface area (Å²) in [7, 11) is 0. The van der Waals surface area contributed by atoms with E-state index in [9.17, 15) is 0 Å². The number of benzene rings is 6. The van der Waals surface area contributed by atoms with Crippen molar-refractivity contribution in [3.63, 3.8) is 0 Å². The predicted molar refractivity (Wildman–Crippen MR) is 148 cm³/mol. The lowest BCUT2D eigenvalue weighted by Gasteiger charge is -2.12. The van der Waals surface area contributed by atoms with Gasteiger partial charge in [-0.1, -0.05) is 103 Å². The van der Waals surface area contributed by atoms with Crippen LogP contribution in [0.15, 0.2) is 127 Å². The third-order valence-electron chi connectivity index (χ3n) is 7.56. The lowest BCUT2D eigenvalue weighted by atomic mass is 9.94. The molecular weight excluding hydrogens is 422 g/mol. The molecular formula is C34H21N. The lowest BCUT2D eigenvalue weighted by Crippen LogP contribution is -1.93. The Morgan fingerprint density at radius 3 is 1.54 bits per heavy atom. The topological polar surface area (TPSA) is 4.93 Å². The van der Waals surface area contributed by atoms with Crippen LogP contribution in [0.1, 0.15) is 0 Å². The van der Waals surface area contributed by atoms with Crippen LogP contribution in [0.2, 0.25) is 0 Å². The Balaban J connectivity index is 1.31. The Morgan fingerprint density at radius 1 is 0.343 bits per heavy atom. The van der Waals surface area contributed by atoms with Crippen molar-refractivity contribution in [2.45, 2.75) is 0 Å². The number of para-hydroxylation sites is 2. The molecule has 7 aromatic rings. The van der Waals surface area contributed by atoms with Crippen LogP contribution in [0.5, 0.6) is 0 Å². The SMILES string of the molecule is c1ccc2c(c1)-c1cccc3c(-c4ccc(-n5c6ccccc6c6ccccc65)cc4)ccc-2c13. The van der Waals surface area contributed by atoms with Gasteiger partial charge in [-0.25, -0.2) is 0 Å². The molecule has 0 aliphatic heterocycles. The number of nitrogens with zero attached hydrogens (tertiary/aromatic N) is 1. The molecule has 1 nitrogen and oxygen atoms in total. The van der Waals surface area contributed by atoms with Crippen LogP contribution in [-0.2, 0) is 0 Å². The number of rotatable bonds is 2. The van der Waals surface area contributed by atoms with Gasteiger partial charge in [-0.2, -0.15) is 0 Å². The number of hydrogen-bond donors (Lipinski definition) is 0. The molecule has 0 fully saturated rings. The summed E-state index contributed by atoms with van der Waals surface area (Å²) < 4.78 is 2.37. The Hall–Kier alpha value is -4.62. The average molecular weight is 444 g/mol. The fourth-order valence-corrected chi connectivity index (χ4v) is 6.05. The highest BCUT2D eigenvalue weighted by Gasteiger charge is 2.22. The lowest BCUT2D eigenvalue weighted by molar-refractivity contribution is 1.18. The fraction of sp³-hybridized carbons (Fsp3) is 0. The van der Waals surface area contributed by atoms with Crippen molar-refractivity contribution < 1.29 is 0 Å². The van der Waals surface area contributed by atoms with E-state index >= 15 is 0 Å². The zero-order valence-electron chi connectivity index (χ0n) is 19.1. The summed E-state index contributed by atoms with van der Waals surface area (Å²) in [5.41, 5.74) is 11.6. The van der Waals surface area contributed by atoms with Crippen LogP contribution < -0.4 is 0 Å². The molecule has 1 heterocycles. The van der Waals surface area contributed by atoms with E-state index in [0.29, 0.717) is 0 Å². The Kier molecular flexibility index (Phi) is 3.72. The molecule has 0 spiro atoms. The Labute approximate surface area is 203 Å². The van der Waals surface area contributed by atoms with E-state index in [1.54, 1.807) is 0 Å². The van der Waals surface area contributed by atoms with Crippen molar-refractivity contribution in [3.05, 3.63) is 127 Å². The highest BCUT2D eigenvalue weighted by molar-refractivity contribution is 6.18. The van der Waals surface area contributed by atoms with Gasteiger partial charge in [0.25, 0.3) is 0 Å². The molecule has 1 aromatic heterocycles. The van der Waals surface area contributed by atoms with Gasteiger partial charge < -0.3 is 4.57 Å². The molecule has 0 saturated carbocycles. The molecule has 1 aliphatic rings. The summed E-state index contributed by atoms with van der Waals surface area (Å²) in [6, 6.07) is 46.5. The summed E-state index contributed by atoms with van der Waals surface area (Å²) in [4.78, 5) is 0. The van der Waals surface area contributed by atoms with E-state index in [1.165, 1.54) is 71.6 Å². The molecule has 0 radical (unpaired) electrons. The summed E-state index contributed by atoms with van der Waals surface area (Å²) in [5.74, 6) is 0. The van der Waals surface area contributed by atoms with Gasteiger partial charge in [-0.3, -0.25) is 0 Å². The number of fused-ring (bicyclic) bond motifs is 6. The molecule has 8 rings (SSSR count). The summed E-state index contributed by atoms with van der Waals surface area (Å²) in [6.07, 6.45) is 0. The minimum Gasteiger partial charge on any atom is -0.309 e. The molecule has 0 N–H and O–H groups in total. The van der Waals surface area contributed by atoms with Gasteiger partial charge in [0.2, 0.25) is 0 Å². The quantitative estimate of drug-likeness (QED) is 0.251. The van der Waals surface area contributed by atoms with E-state index in [2.05, 4.69) is 132 Å². The maximum Gasteiger partial charge on any atom is 0.0541 e. The second-order valence-corrected chi connectivity index (χ2v) is 9.35. The maximum atomic E-state index is 2.37. The van der Waals surface area contributed by atoms with Gasteiger partial charge in [0, 0.05) is 16.5 Å². The van der Waals surface area contributed by atoms with Crippen molar-refractivity contribution in [3.8, 4) is 39.1 Å². The van der Waals surface area contributed by atoms with Crippen LogP contribution in [0.3, 0.4) is 0 Å². The fourth-order valence-electron chi connectivity index (χ4n) is 6.05. The zero-order valence-corrected chi connectivity index (χ0v) is 19.1. The standard InChI is InChI=1S/C34H21N/c1-2-9-26-25(8-1)30-13-7-12-29-24(20-21-31(26)34(29)30)22-16-18-23(19-17-22)35-32-14-5-3-10-27(32)28-11-4-6-15-33(28)35/h1-21H. The number of hydrogen-bond acceptors (Lipinski definition) is 0. The van der Waals surface area contributed by atoms with Gasteiger partial charge in [0.05, 0.1) is 11.0 Å². The molecule has 0 saturated heterocycles. The molecule has 0 atom stereocenters. The maximum absolute atomic E-state index is 2.37. The van der Waals surface area contributed by atoms with E-state index in [-0.39, 0.29) is 0 Å². The van der Waals surface area contributed by atoms with Crippen molar-refractivity contribution in [1.82, 2.24) is 4.57 Å². The molecule has 1 aliphatic carbocycles. The highest BCUT2D eigenvalue weighted by Crippen LogP contribution is 2.49. The van der Waals surface area contributed by atoms with Crippen LogP contribution in [0.4, 0.5) is 0 Å². The van der Waals surface area contributed by atoms with Gasteiger partial charge in [0.1, 0.15) is 0 Å². The first-order valence-electron chi connectivity index (χ1n) is 12.1. The van der Waals surface area contributed by atoms with Crippen LogP contribution in [0.25, 0.3) is 71.6 Å². The molecule has 35 heavy (non-hydrogen) atoms. The van der Waals surface area contributed by atoms with E-state index in [1.807, 2.05) is 0 Å². The third-order valence-corrected chi connectivity index (χ3v) is 7.56. The van der Waals surface area contributed by atoms with Gasteiger partial charge in [0.15, 0.2) is 0 Å². The van der Waals surface area contributed by atoms with Crippen LogP contribution in [-0.4, -0.2) is 4.57 Å². The average Bonchev–Trinajstić information content (AvgIpc) is 3.44. The summed E-state index contributed by atoms with van der Waals surface area (Å²) in [6.45, 7) is 0. The second kappa shape index (κ2) is 6.94. The van der Waals surface area contributed by atoms with Gasteiger partial charge in [-0.05, 0) is 68.4 Å². The summed E-state index contributed by atoms with van der Waals surface area (Å²) in [5, 5.41) is 5.27. The molecule has 1 heteroatoms. The first kappa shape index (κ1) is 18.8. The van der Waals surface area contributed by atoms with E-state index in [4.69, 9.17) is 0 Å². The van der Waals surface area contributed by atoms with E-state index in [0.717, 1.165) is 0 Å². The molecule has 6 aromatic carbocycles. The van der Waals surface area contributed by atoms with Crippen molar-refractivity contribution in [2.24, 2.45) is 0 Å². The predicted octanol–water partition coefficient (Wildman–Crippen LogP) is 9.25. The van der Waals surface area contributed by atoms with Crippen molar-refractivity contribution in [2.75, 3.05) is 0 Å². The molecule has 0 bridgehead atoms. The second-order valence-electron chi connectivity index (χ2n) is 9.35. The van der Waals surface area contributed by atoms with Gasteiger partial charge >= 0.3 is 0 Å².